The molecule has 0 radical (unpaired) electrons. The summed E-state index contributed by atoms with van der Waals surface area (Å²) in [6.45, 7) is 0.706. The van der Waals surface area contributed by atoms with E-state index in [0.717, 1.165) is 27.0 Å². The van der Waals surface area contributed by atoms with Crippen LogP contribution in [0.1, 0.15) is 5.56 Å². The van der Waals surface area contributed by atoms with Crippen LogP contribution in [0, 0.1) is 0 Å². The molecule has 1 aromatic carbocycles. The average Bonchev–Trinajstić information content (AvgIpc) is 2.95. The van der Waals surface area contributed by atoms with Crippen molar-refractivity contribution in [3.8, 4) is 11.3 Å². The summed E-state index contributed by atoms with van der Waals surface area (Å²) in [5, 5.41) is 10.5. The van der Waals surface area contributed by atoms with Crippen molar-refractivity contribution in [1.82, 2.24) is 15.2 Å². The van der Waals surface area contributed by atoms with Crippen molar-refractivity contribution in [2.45, 2.75) is 6.54 Å². The summed E-state index contributed by atoms with van der Waals surface area (Å²) in [5.41, 5.74) is 4.22. The molecule has 2 N–H and O–H groups in total. The van der Waals surface area contributed by atoms with E-state index in [0.29, 0.717) is 6.54 Å². The van der Waals surface area contributed by atoms with Crippen LogP contribution < -0.4 is 5.32 Å². The van der Waals surface area contributed by atoms with Gasteiger partial charge >= 0.3 is 0 Å². The third-order valence-corrected chi connectivity index (χ3v) is 3.47. The second-order valence-corrected chi connectivity index (χ2v) is 5.29. The van der Waals surface area contributed by atoms with Gasteiger partial charge in [0.25, 0.3) is 0 Å². The average molecular weight is 329 g/mol. The zero-order chi connectivity index (χ0) is 13.8. The molecule has 2 heterocycles. The number of aromatic nitrogens is 3. The molecule has 0 amide bonds. The number of H-pyrrole nitrogens is 1. The van der Waals surface area contributed by atoms with Crippen LogP contribution in [0.15, 0.2) is 59.5 Å². The van der Waals surface area contributed by atoms with Crippen LogP contribution in [0.5, 0.6) is 0 Å². The van der Waals surface area contributed by atoms with E-state index in [1.165, 1.54) is 0 Å². The van der Waals surface area contributed by atoms with Gasteiger partial charge in [-0.05, 0) is 30.3 Å². The highest BCUT2D eigenvalue weighted by Crippen LogP contribution is 2.21. The first-order valence-electron chi connectivity index (χ1n) is 6.25. The Balaban J connectivity index is 1.78. The van der Waals surface area contributed by atoms with Crippen molar-refractivity contribution in [2.75, 3.05) is 5.32 Å². The summed E-state index contributed by atoms with van der Waals surface area (Å²) >= 11 is 3.47. The molecule has 4 nitrogen and oxygen atoms in total. The summed E-state index contributed by atoms with van der Waals surface area (Å²) in [4.78, 5) is 4.14. The molecule has 0 aliphatic heterocycles. The lowest BCUT2D eigenvalue weighted by molar-refractivity contribution is 1.09. The van der Waals surface area contributed by atoms with Crippen molar-refractivity contribution >= 4 is 21.6 Å². The van der Waals surface area contributed by atoms with Crippen molar-refractivity contribution < 1.29 is 0 Å². The summed E-state index contributed by atoms with van der Waals surface area (Å²) in [6.07, 6.45) is 5.43. The zero-order valence-electron chi connectivity index (χ0n) is 10.7. The van der Waals surface area contributed by atoms with Gasteiger partial charge in [0.2, 0.25) is 0 Å². The van der Waals surface area contributed by atoms with Gasteiger partial charge in [-0.25, -0.2) is 0 Å². The fourth-order valence-electron chi connectivity index (χ4n) is 2.00. The highest BCUT2D eigenvalue weighted by atomic mass is 79.9. The van der Waals surface area contributed by atoms with Crippen LogP contribution in [0.4, 0.5) is 5.69 Å². The zero-order valence-corrected chi connectivity index (χ0v) is 12.3. The van der Waals surface area contributed by atoms with E-state index in [4.69, 9.17) is 0 Å². The predicted molar refractivity (Wildman–Crippen MR) is 83.3 cm³/mol. The first-order chi connectivity index (χ1) is 9.83. The van der Waals surface area contributed by atoms with Gasteiger partial charge in [-0.3, -0.25) is 10.1 Å². The van der Waals surface area contributed by atoms with Crippen LogP contribution in [-0.4, -0.2) is 15.2 Å². The van der Waals surface area contributed by atoms with E-state index in [1.54, 1.807) is 6.20 Å². The Morgan fingerprint density at radius 2 is 2.10 bits per heavy atom. The number of nitrogens with one attached hydrogen (secondary N) is 2. The number of pyridine rings is 1. The molecule has 5 heteroatoms. The summed E-state index contributed by atoms with van der Waals surface area (Å²) in [6, 6.07) is 12.0. The third-order valence-electron chi connectivity index (χ3n) is 2.98. The SMILES string of the molecule is Brc1cccc(NCc2cn[nH]c2-c2cccnc2)c1. The molecule has 0 aliphatic carbocycles. The molecule has 100 valence electrons. The topological polar surface area (TPSA) is 53.6 Å². The maximum atomic E-state index is 4.14. The fourth-order valence-corrected chi connectivity index (χ4v) is 2.40. The van der Waals surface area contributed by atoms with Gasteiger partial charge < -0.3 is 5.32 Å². The van der Waals surface area contributed by atoms with Gasteiger partial charge in [-0.15, -0.1) is 0 Å². The minimum Gasteiger partial charge on any atom is -0.381 e. The first-order valence-corrected chi connectivity index (χ1v) is 7.04. The fraction of sp³-hybridized carbons (Fsp3) is 0.0667. The Hall–Kier alpha value is -2.14. The third kappa shape index (κ3) is 2.88. The molecule has 3 rings (SSSR count). The normalized spacial score (nSPS) is 10.4. The van der Waals surface area contributed by atoms with Crippen LogP contribution in [0.2, 0.25) is 0 Å². The van der Waals surface area contributed by atoms with Crippen LogP contribution in [0.3, 0.4) is 0 Å². The molecule has 0 atom stereocenters. The molecule has 3 aromatic rings. The Morgan fingerprint density at radius 1 is 1.15 bits per heavy atom. The highest BCUT2D eigenvalue weighted by molar-refractivity contribution is 9.10. The Bertz CT molecular complexity index is 694. The molecule has 0 saturated heterocycles. The maximum Gasteiger partial charge on any atom is 0.0715 e. The number of halogens is 1. The molecule has 0 saturated carbocycles. The largest absolute Gasteiger partial charge is 0.381 e. The summed E-state index contributed by atoms with van der Waals surface area (Å²) in [7, 11) is 0. The summed E-state index contributed by atoms with van der Waals surface area (Å²) in [5.74, 6) is 0. The lowest BCUT2D eigenvalue weighted by Crippen LogP contribution is -1.99. The van der Waals surface area contributed by atoms with E-state index >= 15 is 0 Å². The smallest absolute Gasteiger partial charge is 0.0715 e. The van der Waals surface area contributed by atoms with Gasteiger partial charge in [-0.2, -0.15) is 5.10 Å². The Morgan fingerprint density at radius 3 is 2.90 bits per heavy atom. The monoisotopic (exact) mass is 328 g/mol. The highest BCUT2D eigenvalue weighted by Gasteiger charge is 2.07. The van der Waals surface area contributed by atoms with E-state index in [-0.39, 0.29) is 0 Å². The van der Waals surface area contributed by atoms with Crippen molar-refractivity contribution in [1.29, 1.82) is 0 Å². The summed E-state index contributed by atoms with van der Waals surface area (Å²) < 4.78 is 1.06. The number of aromatic amines is 1. The van der Waals surface area contributed by atoms with Gasteiger partial charge in [-0.1, -0.05) is 22.0 Å². The number of anilines is 1. The standard InChI is InChI=1S/C15H13BrN4/c16-13-4-1-5-14(7-13)18-9-12-10-19-20-15(12)11-3-2-6-17-8-11/h1-8,10,18H,9H2,(H,19,20). The maximum absolute atomic E-state index is 4.14. The molecule has 2 aromatic heterocycles. The van der Waals surface area contributed by atoms with Crippen LogP contribution in [0.25, 0.3) is 11.3 Å². The van der Waals surface area contributed by atoms with Crippen molar-refractivity contribution in [3.63, 3.8) is 0 Å². The van der Waals surface area contributed by atoms with Gasteiger partial charge in [0.1, 0.15) is 0 Å². The van der Waals surface area contributed by atoms with E-state index in [9.17, 15) is 0 Å². The van der Waals surface area contributed by atoms with Gasteiger partial charge in [0.15, 0.2) is 0 Å². The van der Waals surface area contributed by atoms with Crippen LogP contribution >= 0.6 is 15.9 Å². The lowest BCUT2D eigenvalue weighted by Gasteiger charge is -2.07. The minimum absolute atomic E-state index is 0.706. The van der Waals surface area contributed by atoms with E-state index < -0.39 is 0 Å². The molecule has 0 aliphatic rings. The molecule has 0 spiro atoms. The second-order valence-electron chi connectivity index (χ2n) is 4.38. The lowest BCUT2D eigenvalue weighted by atomic mass is 10.1. The van der Waals surface area contributed by atoms with Crippen molar-refractivity contribution in [2.24, 2.45) is 0 Å². The van der Waals surface area contributed by atoms with Gasteiger partial charge in [0, 0.05) is 40.2 Å². The number of nitrogens with zero attached hydrogens (tertiary/aromatic N) is 2. The van der Waals surface area contributed by atoms with Crippen molar-refractivity contribution in [3.05, 3.63) is 65.0 Å². The number of rotatable bonds is 4. The molecule has 0 unspecified atom stereocenters. The number of hydrogen-bond donors (Lipinski definition) is 2. The Kier molecular flexibility index (Phi) is 3.78. The van der Waals surface area contributed by atoms with Gasteiger partial charge in [0.05, 0.1) is 11.9 Å². The number of hydrogen-bond acceptors (Lipinski definition) is 3. The van der Waals surface area contributed by atoms with E-state index in [2.05, 4.69) is 36.4 Å². The first kappa shape index (κ1) is 12.9. The number of benzene rings is 1. The second kappa shape index (κ2) is 5.88. The minimum atomic E-state index is 0.706. The molecular weight excluding hydrogens is 316 g/mol. The molecule has 20 heavy (non-hydrogen) atoms. The molecule has 0 fully saturated rings. The van der Waals surface area contributed by atoms with E-state index in [1.807, 2.05) is 48.8 Å². The predicted octanol–water partition coefficient (Wildman–Crippen LogP) is 3.85. The quantitative estimate of drug-likeness (QED) is 0.764. The van der Waals surface area contributed by atoms with Crippen LogP contribution in [-0.2, 0) is 6.54 Å². The molecule has 0 bridgehead atoms. The molecular formula is C15H13BrN4. The Labute approximate surface area is 125 Å².